The first-order valence-electron chi connectivity index (χ1n) is 4.99. The molecule has 1 fully saturated rings. The second-order valence-corrected chi connectivity index (χ2v) is 4.24. The topological polar surface area (TPSA) is 44.1 Å². The predicted octanol–water partition coefficient (Wildman–Crippen LogP) is 1.44. The SMILES string of the molecule is CN1C(=O)[C@]2(C[C@@H]2C#N)c2ccccc21. The molecule has 1 spiro atoms. The quantitative estimate of drug-likeness (QED) is 0.633. The van der Waals surface area contributed by atoms with E-state index in [9.17, 15) is 4.79 Å². The largest absolute Gasteiger partial charge is 0.314 e. The molecule has 0 bridgehead atoms. The number of hydrogen-bond acceptors (Lipinski definition) is 2. The highest BCUT2D eigenvalue weighted by Crippen LogP contribution is 2.60. The van der Waals surface area contributed by atoms with Gasteiger partial charge >= 0.3 is 0 Å². The van der Waals surface area contributed by atoms with Crippen LogP contribution in [0.15, 0.2) is 24.3 Å². The fourth-order valence-electron chi connectivity index (χ4n) is 2.62. The Morgan fingerprint density at radius 2 is 2.27 bits per heavy atom. The summed E-state index contributed by atoms with van der Waals surface area (Å²) < 4.78 is 0. The molecule has 1 heterocycles. The maximum absolute atomic E-state index is 12.1. The van der Waals surface area contributed by atoms with Gasteiger partial charge in [0.15, 0.2) is 0 Å². The highest BCUT2D eigenvalue weighted by Gasteiger charge is 2.66. The first-order valence-corrected chi connectivity index (χ1v) is 4.99. The van der Waals surface area contributed by atoms with Gasteiger partial charge in [0.1, 0.15) is 0 Å². The second-order valence-electron chi connectivity index (χ2n) is 4.24. The monoisotopic (exact) mass is 198 g/mol. The van der Waals surface area contributed by atoms with Gasteiger partial charge in [-0.15, -0.1) is 0 Å². The van der Waals surface area contributed by atoms with Crippen LogP contribution < -0.4 is 4.90 Å². The summed E-state index contributed by atoms with van der Waals surface area (Å²) in [6.45, 7) is 0. The average Bonchev–Trinajstić information content (AvgIpc) is 2.98. The minimum Gasteiger partial charge on any atom is -0.314 e. The zero-order chi connectivity index (χ0) is 10.6. The Kier molecular flexibility index (Phi) is 1.36. The van der Waals surface area contributed by atoms with Gasteiger partial charge in [0, 0.05) is 12.7 Å². The van der Waals surface area contributed by atoms with Crippen LogP contribution in [0.4, 0.5) is 5.69 Å². The molecule has 3 nitrogen and oxygen atoms in total. The average molecular weight is 198 g/mol. The molecule has 3 rings (SSSR count). The maximum atomic E-state index is 12.1. The van der Waals surface area contributed by atoms with E-state index < -0.39 is 5.41 Å². The van der Waals surface area contributed by atoms with Crippen LogP contribution in [-0.2, 0) is 10.2 Å². The van der Waals surface area contributed by atoms with Crippen molar-refractivity contribution in [2.24, 2.45) is 5.92 Å². The van der Waals surface area contributed by atoms with Crippen LogP contribution in [0.1, 0.15) is 12.0 Å². The van der Waals surface area contributed by atoms with Gasteiger partial charge in [0.2, 0.25) is 5.91 Å². The third kappa shape index (κ3) is 0.782. The standard InChI is InChI=1S/C12H10N2O/c1-14-10-5-3-2-4-9(10)12(11(14)15)6-8(12)7-13/h2-5,8H,6H2,1H3/t8-,12+/m1/s1. The molecule has 2 aliphatic rings. The van der Waals surface area contributed by atoms with E-state index in [1.807, 2.05) is 24.3 Å². The van der Waals surface area contributed by atoms with E-state index in [-0.39, 0.29) is 11.8 Å². The number of anilines is 1. The van der Waals surface area contributed by atoms with Crippen molar-refractivity contribution in [2.75, 3.05) is 11.9 Å². The summed E-state index contributed by atoms with van der Waals surface area (Å²) in [6.07, 6.45) is 0.684. The molecule has 0 unspecified atom stereocenters. The first kappa shape index (κ1) is 8.49. The van der Waals surface area contributed by atoms with Gasteiger partial charge in [-0.25, -0.2) is 0 Å². The summed E-state index contributed by atoms with van der Waals surface area (Å²) in [5.41, 5.74) is 1.49. The van der Waals surface area contributed by atoms with Crippen LogP contribution >= 0.6 is 0 Å². The van der Waals surface area contributed by atoms with Crippen molar-refractivity contribution >= 4 is 11.6 Å². The molecule has 1 aromatic rings. The molecule has 0 N–H and O–H groups in total. The summed E-state index contributed by atoms with van der Waals surface area (Å²) in [5, 5.41) is 8.94. The summed E-state index contributed by atoms with van der Waals surface area (Å²) in [5.74, 6) is -0.0497. The normalized spacial score (nSPS) is 31.6. The molecular formula is C12H10N2O. The van der Waals surface area contributed by atoms with Gasteiger partial charge in [0.25, 0.3) is 0 Å². The van der Waals surface area contributed by atoms with E-state index in [1.54, 1.807) is 11.9 Å². The lowest BCUT2D eigenvalue weighted by molar-refractivity contribution is -0.120. The molecule has 15 heavy (non-hydrogen) atoms. The third-order valence-electron chi connectivity index (χ3n) is 3.55. The minimum atomic E-state index is -0.500. The number of carbonyl (C=O) groups excluding carboxylic acids is 1. The lowest BCUT2D eigenvalue weighted by Crippen LogP contribution is -2.29. The highest BCUT2D eigenvalue weighted by atomic mass is 16.2. The van der Waals surface area contributed by atoms with Gasteiger partial charge in [-0.3, -0.25) is 4.79 Å². The van der Waals surface area contributed by atoms with Crippen LogP contribution in [0, 0.1) is 17.2 Å². The van der Waals surface area contributed by atoms with E-state index in [4.69, 9.17) is 5.26 Å². The number of carbonyl (C=O) groups is 1. The number of para-hydroxylation sites is 1. The van der Waals surface area contributed by atoms with Crippen molar-refractivity contribution in [2.45, 2.75) is 11.8 Å². The van der Waals surface area contributed by atoms with Crippen LogP contribution in [0.25, 0.3) is 0 Å². The third-order valence-corrected chi connectivity index (χ3v) is 3.55. The number of rotatable bonds is 0. The zero-order valence-electron chi connectivity index (χ0n) is 8.40. The lowest BCUT2D eigenvalue weighted by atomic mass is 9.95. The summed E-state index contributed by atoms with van der Waals surface area (Å²) >= 11 is 0. The summed E-state index contributed by atoms with van der Waals surface area (Å²) in [6, 6.07) is 9.97. The van der Waals surface area contributed by atoms with Crippen molar-refractivity contribution in [1.29, 1.82) is 5.26 Å². The van der Waals surface area contributed by atoms with Crippen molar-refractivity contribution in [3.05, 3.63) is 29.8 Å². The van der Waals surface area contributed by atoms with E-state index in [2.05, 4.69) is 6.07 Å². The number of nitrogens with zero attached hydrogens (tertiary/aromatic N) is 2. The van der Waals surface area contributed by atoms with Crippen molar-refractivity contribution in [3.8, 4) is 6.07 Å². The van der Waals surface area contributed by atoms with Crippen LogP contribution in [0.3, 0.4) is 0 Å². The summed E-state index contributed by atoms with van der Waals surface area (Å²) in [7, 11) is 1.78. The van der Waals surface area contributed by atoms with Crippen LogP contribution in [0.2, 0.25) is 0 Å². The van der Waals surface area contributed by atoms with Crippen LogP contribution in [-0.4, -0.2) is 13.0 Å². The maximum Gasteiger partial charge on any atom is 0.238 e. The second kappa shape index (κ2) is 2.40. The van der Waals surface area contributed by atoms with Crippen LogP contribution in [0.5, 0.6) is 0 Å². The smallest absolute Gasteiger partial charge is 0.238 e. The molecule has 2 atom stereocenters. The molecule has 0 saturated heterocycles. The van der Waals surface area contributed by atoms with E-state index >= 15 is 0 Å². The number of amides is 1. The fourth-order valence-corrected chi connectivity index (χ4v) is 2.62. The number of nitriles is 1. The van der Waals surface area contributed by atoms with Gasteiger partial charge in [-0.05, 0) is 18.1 Å². The van der Waals surface area contributed by atoms with Gasteiger partial charge in [-0.2, -0.15) is 5.26 Å². The van der Waals surface area contributed by atoms with Crippen molar-refractivity contribution in [1.82, 2.24) is 0 Å². The van der Waals surface area contributed by atoms with E-state index in [0.29, 0.717) is 6.42 Å². The molecule has 1 aliphatic carbocycles. The number of likely N-dealkylation sites (N-methyl/N-ethyl adjacent to an activating group) is 1. The Balaban J connectivity index is 2.22. The van der Waals surface area contributed by atoms with Crippen molar-refractivity contribution in [3.63, 3.8) is 0 Å². The molecule has 3 heteroatoms. The molecule has 1 saturated carbocycles. The Hall–Kier alpha value is -1.82. The molecule has 1 amide bonds. The summed E-state index contributed by atoms with van der Waals surface area (Å²) in [4.78, 5) is 13.8. The first-order chi connectivity index (χ1) is 7.21. The highest BCUT2D eigenvalue weighted by molar-refractivity contribution is 6.10. The van der Waals surface area contributed by atoms with Gasteiger partial charge < -0.3 is 4.90 Å². The van der Waals surface area contributed by atoms with E-state index in [1.165, 1.54) is 0 Å². The Bertz CT molecular complexity index is 503. The molecular weight excluding hydrogens is 188 g/mol. The van der Waals surface area contributed by atoms with Crippen molar-refractivity contribution < 1.29 is 4.79 Å². The molecule has 1 aromatic carbocycles. The molecule has 0 radical (unpaired) electrons. The molecule has 74 valence electrons. The zero-order valence-corrected chi connectivity index (χ0v) is 8.40. The van der Waals surface area contributed by atoms with E-state index in [0.717, 1.165) is 11.3 Å². The van der Waals surface area contributed by atoms with Gasteiger partial charge in [-0.1, -0.05) is 18.2 Å². The number of hydrogen-bond donors (Lipinski definition) is 0. The lowest BCUT2D eigenvalue weighted by Gasteiger charge is -2.09. The Morgan fingerprint density at radius 1 is 1.53 bits per heavy atom. The number of benzene rings is 1. The van der Waals surface area contributed by atoms with Gasteiger partial charge in [0.05, 0.1) is 17.4 Å². The Labute approximate surface area is 87.9 Å². The predicted molar refractivity (Wildman–Crippen MR) is 55.3 cm³/mol. The molecule has 1 aliphatic heterocycles. The minimum absolute atomic E-state index is 0.0789. The molecule has 0 aromatic heterocycles. The fraction of sp³-hybridized carbons (Fsp3) is 0.333. The Morgan fingerprint density at radius 3 is 2.93 bits per heavy atom. The number of fused-ring (bicyclic) bond motifs is 2.